The molecule has 0 bridgehead atoms. The smallest absolute Gasteiger partial charge is 0.251 e. The number of pyridine rings is 1. The molecule has 0 aliphatic rings. The number of Topliss-reactive ketones (excluding diaryl/α,β-unsaturated/α-hetero) is 1. The Bertz CT molecular complexity index is 1030. The summed E-state index contributed by atoms with van der Waals surface area (Å²) >= 11 is 5.83. The Balaban J connectivity index is 1.88. The van der Waals surface area contributed by atoms with Gasteiger partial charge >= 0.3 is 0 Å². The lowest BCUT2D eigenvalue weighted by Crippen LogP contribution is -2.41. The number of aromatic nitrogens is 1. The van der Waals surface area contributed by atoms with Crippen LogP contribution in [0.1, 0.15) is 22.8 Å². The number of H-pyrrole nitrogens is 1. The van der Waals surface area contributed by atoms with E-state index in [0.717, 1.165) is 5.39 Å². The highest BCUT2D eigenvalue weighted by Crippen LogP contribution is 2.17. The lowest BCUT2D eigenvalue weighted by Gasteiger charge is -2.17. The monoisotopic (exact) mass is 368 g/mol. The number of halogens is 1. The third-order valence-electron chi connectivity index (χ3n) is 4.16. The zero-order valence-electron chi connectivity index (χ0n) is 14.1. The molecule has 0 radical (unpaired) electrons. The minimum atomic E-state index is -0.733. The molecule has 6 heteroatoms. The molecule has 1 heterocycles. The van der Waals surface area contributed by atoms with Crippen LogP contribution in [0.15, 0.2) is 59.4 Å². The summed E-state index contributed by atoms with van der Waals surface area (Å²) in [6.07, 6.45) is 0.235. The van der Waals surface area contributed by atoms with E-state index in [1.165, 1.54) is 13.0 Å². The zero-order valence-corrected chi connectivity index (χ0v) is 14.8. The third kappa shape index (κ3) is 4.00. The van der Waals surface area contributed by atoms with Gasteiger partial charge in [0.25, 0.3) is 5.91 Å². The van der Waals surface area contributed by atoms with Crippen molar-refractivity contribution < 1.29 is 9.59 Å². The number of carbonyl (C=O) groups excluding carboxylic acids is 2. The molecule has 1 unspecified atom stereocenters. The van der Waals surface area contributed by atoms with Crippen LogP contribution in [-0.4, -0.2) is 22.7 Å². The molecule has 1 aromatic heterocycles. The van der Waals surface area contributed by atoms with Gasteiger partial charge in [0.05, 0.1) is 6.04 Å². The average molecular weight is 369 g/mol. The Morgan fingerprint density at radius 1 is 1.12 bits per heavy atom. The van der Waals surface area contributed by atoms with Crippen molar-refractivity contribution in [2.75, 3.05) is 0 Å². The van der Waals surface area contributed by atoms with Gasteiger partial charge < -0.3 is 10.3 Å². The first kappa shape index (κ1) is 17.9. The van der Waals surface area contributed by atoms with Gasteiger partial charge in [-0.05, 0) is 42.8 Å². The molecule has 0 aliphatic heterocycles. The SMILES string of the molecule is CC(=O)C(Cc1cc(=O)[nH]c2ccccc12)NC(=O)c1ccc(Cl)cc1. The molecule has 0 saturated carbocycles. The minimum absolute atomic E-state index is 0.184. The van der Waals surface area contributed by atoms with Crippen molar-refractivity contribution in [2.24, 2.45) is 0 Å². The molecule has 0 saturated heterocycles. The second-order valence-electron chi connectivity index (χ2n) is 6.05. The molecule has 2 aromatic carbocycles. The zero-order chi connectivity index (χ0) is 18.7. The second kappa shape index (κ2) is 7.54. The first-order chi connectivity index (χ1) is 12.4. The van der Waals surface area contributed by atoms with Crippen molar-refractivity contribution in [3.8, 4) is 0 Å². The van der Waals surface area contributed by atoms with Gasteiger partial charge in [-0.1, -0.05) is 29.8 Å². The number of benzene rings is 2. The molecule has 26 heavy (non-hydrogen) atoms. The average Bonchev–Trinajstić information content (AvgIpc) is 2.61. The summed E-state index contributed by atoms with van der Waals surface area (Å²) in [5.41, 5.74) is 1.57. The van der Waals surface area contributed by atoms with Gasteiger partial charge in [0, 0.05) is 34.0 Å². The van der Waals surface area contributed by atoms with Gasteiger partial charge in [-0.15, -0.1) is 0 Å². The van der Waals surface area contributed by atoms with E-state index in [4.69, 9.17) is 11.6 Å². The van der Waals surface area contributed by atoms with Crippen LogP contribution in [0.2, 0.25) is 5.02 Å². The number of amides is 1. The quantitative estimate of drug-likeness (QED) is 0.726. The number of rotatable bonds is 5. The Kier molecular flexibility index (Phi) is 5.19. The number of ketones is 1. The normalized spacial score (nSPS) is 11.9. The summed E-state index contributed by atoms with van der Waals surface area (Å²) in [6.45, 7) is 1.42. The summed E-state index contributed by atoms with van der Waals surface area (Å²) in [5, 5.41) is 4.11. The fourth-order valence-electron chi connectivity index (χ4n) is 2.80. The second-order valence-corrected chi connectivity index (χ2v) is 6.49. The lowest BCUT2D eigenvalue weighted by atomic mass is 9.99. The molecule has 0 spiro atoms. The fraction of sp³-hybridized carbons (Fsp3) is 0.150. The fourth-order valence-corrected chi connectivity index (χ4v) is 2.93. The van der Waals surface area contributed by atoms with Crippen LogP contribution in [0.3, 0.4) is 0 Å². The van der Waals surface area contributed by atoms with Gasteiger partial charge in [0.1, 0.15) is 0 Å². The van der Waals surface area contributed by atoms with Crippen molar-refractivity contribution in [1.29, 1.82) is 0 Å². The summed E-state index contributed by atoms with van der Waals surface area (Å²) in [4.78, 5) is 39.1. The van der Waals surface area contributed by atoms with Gasteiger partial charge in [-0.3, -0.25) is 14.4 Å². The molecular weight excluding hydrogens is 352 g/mol. The van der Waals surface area contributed by atoms with E-state index in [9.17, 15) is 14.4 Å². The largest absolute Gasteiger partial charge is 0.342 e. The van der Waals surface area contributed by atoms with E-state index in [-0.39, 0.29) is 23.7 Å². The molecule has 5 nitrogen and oxygen atoms in total. The summed E-state index contributed by atoms with van der Waals surface area (Å²) in [5.74, 6) is -0.548. The van der Waals surface area contributed by atoms with E-state index in [0.29, 0.717) is 21.7 Å². The van der Waals surface area contributed by atoms with E-state index in [2.05, 4.69) is 10.3 Å². The van der Waals surface area contributed by atoms with E-state index < -0.39 is 6.04 Å². The number of aromatic amines is 1. The molecule has 0 aliphatic carbocycles. The maximum Gasteiger partial charge on any atom is 0.251 e. The number of carbonyl (C=O) groups is 2. The van der Waals surface area contributed by atoms with Gasteiger partial charge in [-0.25, -0.2) is 0 Å². The van der Waals surface area contributed by atoms with Crippen molar-refractivity contribution in [3.05, 3.63) is 81.1 Å². The van der Waals surface area contributed by atoms with E-state index in [1.807, 2.05) is 18.2 Å². The highest BCUT2D eigenvalue weighted by molar-refractivity contribution is 6.30. The molecule has 3 rings (SSSR count). The minimum Gasteiger partial charge on any atom is -0.342 e. The Labute approximate surface area is 155 Å². The van der Waals surface area contributed by atoms with Crippen LogP contribution in [0.25, 0.3) is 10.9 Å². The third-order valence-corrected chi connectivity index (χ3v) is 4.41. The first-order valence-electron chi connectivity index (χ1n) is 8.12. The highest BCUT2D eigenvalue weighted by atomic mass is 35.5. The van der Waals surface area contributed by atoms with Crippen LogP contribution >= 0.6 is 11.6 Å². The summed E-state index contributed by atoms with van der Waals surface area (Å²) in [6, 6.07) is 14.5. The predicted molar refractivity (Wildman–Crippen MR) is 102 cm³/mol. The Morgan fingerprint density at radius 2 is 1.81 bits per heavy atom. The Hall–Kier alpha value is -2.92. The molecule has 1 amide bonds. The standard InChI is InChI=1S/C20H17ClN2O3/c1-12(24)18(23-20(26)13-6-8-15(21)9-7-13)10-14-11-19(25)22-17-5-3-2-4-16(14)17/h2-9,11,18H,10H2,1H3,(H,22,25)(H,23,26). The number of hydrogen-bond acceptors (Lipinski definition) is 3. The highest BCUT2D eigenvalue weighted by Gasteiger charge is 2.20. The molecule has 3 aromatic rings. The molecular formula is C20H17ClN2O3. The Morgan fingerprint density at radius 3 is 2.50 bits per heavy atom. The van der Waals surface area contributed by atoms with Crippen molar-refractivity contribution in [2.45, 2.75) is 19.4 Å². The number of hydrogen-bond donors (Lipinski definition) is 2. The summed E-state index contributed by atoms with van der Waals surface area (Å²) in [7, 11) is 0. The van der Waals surface area contributed by atoms with Gasteiger partial charge in [0.2, 0.25) is 5.56 Å². The lowest BCUT2D eigenvalue weighted by molar-refractivity contribution is -0.118. The molecule has 0 fully saturated rings. The predicted octanol–water partition coefficient (Wildman–Crippen LogP) is 3.11. The van der Waals surface area contributed by atoms with E-state index >= 15 is 0 Å². The van der Waals surface area contributed by atoms with Crippen molar-refractivity contribution >= 4 is 34.2 Å². The topological polar surface area (TPSA) is 79.0 Å². The van der Waals surface area contributed by atoms with Crippen LogP contribution in [0.5, 0.6) is 0 Å². The van der Waals surface area contributed by atoms with E-state index in [1.54, 1.807) is 30.3 Å². The van der Waals surface area contributed by atoms with Crippen LogP contribution in [-0.2, 0) is 11.2 Å². The van der Waals surface area contributed by atoms with Gasteiger partial charge in [-0.2, -0.15) is 0 Å². The number of fused-ring (bicyclic) bond motifs is 1. The molecule has 132 valence electrons. The number of para-hydroxylation sites is 1. The van der Waals surface area contributed by atoms with Crippen molar-refractivity contribution in [3.63, 3.8) is 0 Å². The van der Waals surface area contributed by atoms with Gasteiger partial charge in [0.15, 0.2) is 5.78 Å². The first-order valence-corrected chi connectivity index (χ1v) is 8.49. The van der Waals surface area contributed by atoms with Crippen molar-refractivity contribution in [1.82, 2.24) is 10.3 Å². The summed E-state index contributed by atoms with van der Waals surface area (Å²) < 4.78 is 0. The molecule has 1 atom stereocenters. The maximum absolute atomic E-state index is 12.4. The van der Waals surface area contributed by atoms with Crippen LogP contribution < -0.4 is 10.9 Å². The van der Waals surface area contributed by atoms with Crippen LogP contribution in [0.4, 0.5) is 0 Å². The maximum atomic E-state index is 12.4. The number of nitrogens with one attached hydrogen (secondary N) is 2. The molecule has 2 N–H and O–H groups in total. The van der Waals surface area contributed by atoms with Crippen LogP contribution in [0, 0.1) is 0 Å².